The van der Waals surface area contributed by atoms with Crippen LogP contribution in [0.1, 0.15) is 29.7 Å². The van der Waals surface area contributed by atoms with E-state index in [1.54, 1.807) is 7.11 Å². The van der Waals surface area contributed by atoms with Gasteiger partial charge < -0.3 is 15.2 Å². The first-order chi connectivity index (χ1) is 11.8. The fourth-order valence-corrected chi connectivity index (χ4v) is 2.60. The van der Waals surface area contributed by atoms with Crippen LogP contribution >= 0.6 is 0 Å². The van der Waals surface area contributed by atoms with E-state index in [1.807, 2.05) is 31.2 Å². The molecule has 6 heteroatoms. The van der Waals surface area contributed by atoms with Crippen molar-refractivity contribution in [2.75, 3.05) is 13.7 Å². The summed E-state index contributed by atoms with van der Waals surface area (Å²) in [5.41, 5.74) is 0.778. The molecule has 2 aromatic carbocycles. The first-order valence-corrected chi connectivity index (χ1v) is 8.01. The van der Waals surface area contributed by atoms with E-state index in [0.29, 0.717) is 12.0 Å². The largest absolute Gasteiger partial charge is 0.496 e. The lowest BCUT2D eigenvalue weighted by Crippen LogP contribution is -2.32. The van der Waals surface area contributed by atoms with E-state index in [2.05, 4.69) is 5.32 Å². The van der Waals surface area contributed by atoms with E-state index >= 15 is 0 Å². The van der Waals surface area contributed by atoms with Crippen LogP contribution in [-0.2, 0) is 12.6 Å². The normalized spacial score (nSPS) is 14.2. The predicted molar refractivity (Wildman–Crippen MR) is 90.6 cm³/mol. The Kier molecular flexibility index (Phi) is 6.45. The molecule has 0 spiro atoms. The minimum atomic E-state index is -4.37. The molecule has 0 aliphatic heterocycles. The number of benzene rings is 2. The van der Waals surface area contributed by atoms with E-state index < -0.39 is 17.8 Å². The Morgan fingerprint density at radius 3 is 2.32 bits per heavy atom. The third kappa shape index (κ3) is 5.47. The van der Waals surface area contributed by atoms with Crippen molar-refractivity contribution in [1.82, 2.24) is 5.32 Å². The van der Waals surface area contributed by atoms with Gasteiger partial charge in [0.15, 0.2) is 0 Å². The van der Waals surface area contributed by atoms with Gasteiger partial charge in [-0.15, -0.1) is 0 Å². The Labute approximate surface area is 145 Å². The first-order valence-electron chi connectivity index (χ1n) is 8.01. The number of alkyl halides is 3. The maximum atomic E-state index is 12.6. The quantitative estimate of drug-likeness (QED) is 0.791. The Bertz CT molecular complexity index is 671. The van der Waals surface area contributed by atoms with Gasteiger partial charge in [-0.2, -0.15) is 13.2 Å². The van der Waals surface area contributed by atoms with Crippen molar-refractivity contribution in [3.05, 3.63) is 65.2 Å². The summed E-state index contributed by atoms with van der Waals surface area (Å²) in [6, 6.07) is 12.3. The molecule has 0 aromatic heterocycles. The molecule has 0 bridgehead atoms. The Balaban J connectivity index is 1.89. The minimum absolute atomic E-state index is 0.0698. The third-order valence-electron chi connectivity index (χ3n) is 4.00. The van der Waals surface area contributed by atoms with Gasteiger partial charge in [0, 0.05) is 12.6 Å². The summed E-state index contributed by atoms with van der Waals surface area (Å²) >= 11 is 0. The molecular formula is C19H22F3NO2. The number of hydrogen-bond donors (Lipinski definition) is 2. The fourth-order valence-electron chi connectivity index (χ4n) is 2.60. The number of nitrogens with one attached hydrogen (secondary N) is 1. The molecule has 2 atom stereocenters. The number of ether oxygens (including phenoxy) is 1. The highest BCUT2D eigenvalue weighted by Gasteiger charge is 2.30. The standard InChI is InChI=1S/C19H22F3NO2/c1-13(11-15-5-3-4-6-18(15)25-2)23-12-17(24)14-7-9-16(10-8-14)19(20,21)22/h3-10,13,17,23-24H,11-12H2,1-2H3/t13?,17-/m0/s1. The lowest BCUT2D eigenvalue weighted by molar-refractivity contribution is -0.137. The molecular weight excluding hydrogens is 331 g/mol. The molecule has 2 aromatic rings. The average Bonchev–Trinajstić information content (AvgIpc) is 2.59. The Morgan fingerprint density at radius 2 is 1.72 bits per heavy atom. The zero-order valence-corrected chi connectivity index (χ0v) is 14.2. The van der Waals surface area contributed by atoms with Crippen LogP contribution in [0.15, 0.2) is 48.5 Å². The maximum Gasteiger partial charge on any atom is 0.416 e. The monoisotopic (exact) mass is 353 g/mol. The number of aliphatic hydroxyl groups excluding tert-OH is 1. The van der Waals surface area contributed by atoms with Crippen molar-refractivity contribution < 1.29 is 23.0 Å². The van der Waals surface area contributed by atoms with Crippen LogP contribution in [0.5, 0.6) is 5.75 Å². The van der Waals surface area contributed by atoms with Gasteiger partial charge in [-0.1, -0.05) is 30.3 Å². The average molecular weight is 353 g/mol. The number of para-hydroxylation sites is 1. The van der Waals surface area contributed by atoms with E-state index in [9.17, 15) is 18.3 Å². The molecule has 3 nitrogen and oxygen atoms in total. The van der Waals surface area contributed by atoms with Gasteiger partial charge in [-0.05, 0) is 42.7 Å². The van der Waals surface area contributed by atoms with E-state index in [-0.39, 0.29) is 12.6 Å². The summed E-state index contributed by atoms with van der Waals surface area (Å²) in [6.45, 7) is 2.23. The van der Waals surface area contributed by atoms with Gasteiger partial charge in [-0.25, -0.2) is 0 Å². The van der Waals surface area contributed by atoms with Crippen LogP contribution < -0.4 is 10.1 Å². The number of halogens is 3. The molecule has 0 radical (unpaired) electrons. The van der Waals surface area contributed by atoms with Crippen LogP contribution in [-0.4, -0.2) is 24.8 Å². The molecule has 0 amide bonds. The second-order valence-electron chi connectivity index (χ2n) is 5.96. The molecule has 2 rings (SSSR count). The van der Waals surface area contributed by atoms with Crippen LogP contribution in [0.3, 0.4) is 0 Å². The van der Waals surface area contributed by atoms with E-state index in [4.69, 9.17) is 4.74 Å². The maximum absolute atomic E-state index is 12.6. The number of hydrogen-bond acceptors (Lipinski definition) is 3. The van der Waals surface area contributed by atoms with Gasteiger partial charge in [0.25, 0.3) is 0 Å². The smallest absolute Gasteiger partial charge is 0.416 e. The van der Waals surface area contributed by atoms with Gasteiger partial charge in [0.05, 0.1) is 18.8 Å². The summed E-state index contributed by atoms with van der Waals surface area (Å²) < 4.78 is 43.0. The lowest BCUT2D eigenvalue weighted by Gasteiger charge is -2.19. The van der Waals surface area contributed by atoms with Crippen LogP contribution in [0.2, 0.25) is 0 Å². The molecule has 0 saturated heterocycles. The molecule has 0 fully saturated rings. The second kappa shape index (κ2) is 8.36. The zero-order valence-electron chi connectivity index (χ0n) is 14.2. The summed E-state index contributed by atoms with van der Waals surface area (Å²) in [7, 11) is 1.62. The van der Waals surface area contributed by atoms with Crippen molar-refractivity contribution in [1.29, 1.82) is 0 Å². The van der Waals surface area contributed by atoms with Crippen LogP contribution in [0.25, 0.3) is 0 Å². The first kappa shape index (κ1) is 19.3. The van der Waals surface area contributed by atoms with Crippen molar-refractivity contribution in [3.63, 3.8) is 0 Å². The minimum Gasteiger partial charge on any atom is -0.496 e. The molecule has 0 aliphatic rings. The summed E-state index contributed by atoms with van der Waals surface area (Å²) in [5, 5.41) is 13.4. The van der Waals surface area contributed by atoms with E-state index in [0.717, 1.165) is 23.4 Å². The van der Waals surface area contributed by atoms with Crippen LogP contribution in [0.4, 0.5) is 13.2 Å². The highest BCUT2D eigenvalue weighted by Crippen LogP contribution is 2.29. The van der Waals surface area contributed by atoms with E-state index in [1.165, 1.54) is 12.1 Å². The van der Waals surface area contributed by atoms with Gasteiger partial charge in [0.1, 0.15) is 5.75 Å². The molecule has 0 aliphatic carbocycles. The van der Waals surface area contributed by atoms with Crippen molar-refractivity contribution in [3.8, 4) is 5.75 Å². The summed E-state index contributed by atoms with van der Waals surface area (Å²) in [4.78, 5) is 0. The third-order valence-corrected chi connectivity index (χ3v) is 4.00. The van der Waals surface area contributed by atoms with Crippen molar-refractivity contribution in [2.45, 2.75) is 31.7 Å². The molecule has 25 heavy (non-hydrogen) atoms. The lowest BCUT2D eigenvalue weighted by atomic mass is 10.0. The fraction of sp³-hybridized carbons (Fsp3) is 0.368. The highest BCUT2D eigenvalue weighted by atomic mass is 19.4. The number of methoxy groups -OCH3 is 1. The SMILES string of the molecule is COc1ccccc1CC(C)NC[C@H](O)c1ccc(C(F)(F)F)cc1. The van der Waals surface area contributed by atoms with Crippen molar-refractivity contribution >= 4 is 0 Å². The van der Waals surface area contributed by atoms with Gasteiger partial charge >= 0.3 is 6.18 Å². The Morgan fingerprint density at radius 1 is 1.08 bits per heavy atom. The molecule has 0 saturated carbocycles. The molecule has 2 N–H and O–H groups in total. The molecule has 136 valence electrons. The van der Waals surface area contributed by atoms with Crippen molar-refractivity contribution in [2.24, 2.45) is 0 Å². The molecule has 0 heterocycles. The predicted octanol–water partition coefficient (Wildman–Crippen LogP) is 3.97. The van der Waals surface area contributed by atoms with Gasteiger partial charge in [0.2, 0.25) is 0 Å². The number of aliphatic hydroxyl groups is 1. The summed E-state index contributed by atoms with van der Waals surface area (Å²) in [5.74, 6) is 0.805. The zero-order chi connectivity index (χ0) is 18.4. The summed E-state index contributed by atoms with van der Waals surface area (Å²) in [6.07, 6.45) is -4.53. The highest BCUT2D eigenvalue weighted by molar-refractivity contribution is 5.33. The second-order valence-corrected chi connectivity index (χ2v) is 5.96. The molecule has 1 unspecified atom stereocenters. The Hall–Kier alpha value is -2.05. The number of rotatable bonds is 7. The topological polar surface area (TPSA) is 41.5 Å². The van der Waals surface area contributed by atoms with Crippen LogP contribution in [0, 0.1) is 0 Å². The van der Waals surface area contributed by atoms with Gasteiger partial charge in [-0.3, -0.25) is 0 Å².